The van der Waals surface area contributed by atoms with Gasteiger partial charge in [-0.3, -0.25) is 0 Å². The SMILES string of the molecule is C=CC(=O)OCCC[SiH2]COCCC. The van der Waals surface area contributed by atoms with Crippen LogP contribution in [0, 0.1) is 0 Å². The number of carbonyl (C=O) groups excluding carboxylic acids is 1. The number of ether oxygens (including phenoxy) is 2. The fourth-order valence-electron chi connectivity index (χ4n) is 0.961. The van der Waals surface area contributed by atoms with Crippen LogP contribution in [0.4, 0.5) is 0 Å². The minimum absolute atomic E-state index is 0.0995. The molecule has 3 nitrogen and oxygen atoms in total. The lowest BCUT2D eigenvalue weighted by molar-refractivity contribution is -0.137. The van der Waals surface area contributed by atoms with Gasteiger partial charge in [-0.1, -0.05) is 19.5 Å². The van der Waals surface area contributed by atoms with E-state index in [1.807, 2.05) is 0 Å². The molecule has 0 aromatic carbocycles. The third-order valence-corrected chi connectivity index (χ3v) is 3.27. The Hall–Kier alpha value is -0.613. The summed E-state index contributed by atoms with van der Waals surface area (Å²) >= 11 is 0. The van der Waals surface area contributed by atoms with Crippen LogP contribution in [0.2, 0.25) is 6.04 Å². The Balaban J connectivity index is 2.99. The molecule has 0 fully saturated rings. The van der Waals surface area contributed by atoms with Gasteiger partial charge in [-0.15, -0.1) is 0 Å². The summed E-state index contributed by atoms with van der Waals surface area (Å²) in [5, 5.41) is 0. The molecule has 0 N–H and O–H groups in total. The van der Waals surface area contributed by atoms with Crippen molar-refractivity contribution in [3.8, 4) is 0 Å². The first-order valence-electron chi connectivity index (χ1n) is 5.18. The molecule has 0 saturated heterocycles. The van der Waals surface area contributed by atoms with E-state index in [1.54, 1.807) is 0 Å². The maximum atomic E-state index is 10.6. The van der Waals surface area contributed by atoms with Gasteiger partial charge in [-0.25, -0.2) is 4.79 Å². The van der Waals surface area contributed by atoms with Crippen molar-refractivity contribution in [1.82, 2.24) is 0 Å². The van der Waals surface area contributed by atoms with Crippen molar-refractivity contribution in [3.05, 3.63) is 12.7 Å². The van der Waals surface area contributed by atoms with Crippen LogP contribution >= 0.6 is 0 Å². The third kappa shape index (κ3) is 9.47. The largest absolute Gasteiger partial charge is 0.463 e. The lowest BCUT2D eigenvalue weighted by atomic mass is 10.5. The van der Waals surface area contributed by atoms with Gasteiger partial charge in [0.15, 0.2) is 0 Å². The maximum absolute atomic E-state index is 10.6. The monoisotopic (exact) mass is 216 g/mol. The topological polar surface area (TPSA) is 35.5 Å². The first kappa shape index (κ1) is 13.4. The zero-order chi connectivity index (χ0) is 10.6. The van der Waals surface area contributed by atoms with Crippen LogP contribution in [-0.2, 0) is 14.3 Å². The Morgan fingerprint density at radius 3 is 2.93 bits per heavy atom. The average Bonchev–Trinajstić information content (AvgIpc) is 2.21. The number of carbonyl (C=O) groups is 1. The Labute approximate surface area is 88.3 Å². The second-order valence-electron chi connectivity index (χ2n) is 3.04. The Morgan fingerprint density at radius 1 is 1.50 bits per heavy atom. The van der Waals surface area contributed by atoms with Crippen molar-refractivity contribution < 1.29 is 14.3 Å². The van der Waals surface area contributed by atoms with Crippen LogP contribution in [0.15, 0.2) is 12.7 Å². The van der Waals surface area contributed by atoms with Gasteiger partial charge in [0.05, 0.1) is 16.1 Å². The van der Waals surface area contributed by atoms with E-state index in [0.717, 1.165) is 25.7 Å². The molecular formula is C10H20O3Si. The van der Waals surface area contributed by atoms with Crippen molar-refractivity contribution >= 4 is 15.5 Å². The van der Waals surface area contributed by atoms with Gasteiger partial charge in [0.25, 0.3) is 0 Å². The standard InChI is InChI=1S/C10H20O3Si/c1-3-6-12-9-14-8-5-7-13-10(11)4-2/h4H,2-3,5-9,14H2,1H3. The average molecular weight is 216 g/mol. The van der Waals surface area contributed by atoms with Gasteiger partial charge >= 0.3 is 5.97 Å². The predicted molar refractivity (Wildman–Crippen MR) is 60.2 cm³/mol. The summed E-state index contributed by atoms with van der Waals surface area (Å²) in [5.41, 5.74) is 0. The first-order chi connectivity index (χ1) is 6.81. The fourth-order valence-corrected chi connectivity index (χ4v) is 2.13. The highest BCUT2D eigenvalue weighted by molar-refractivity contribution is 6.35. The van der Waals surface area contributed by atoms with E-state index in [9.17, 15) is 4.79 Å². The molecule has 0 aliphatic heterocycles. The number of esters is 1. The summed E-state index contributed by atoms with van der Waals surface area (Å²) in [7, 11) is -0.0995. The zero-order valence-corrected chi connectivity index (χ0v) is 10.4. The van der Waals surface area contributed by atoms with E-state index in [2.05, 4.69) is 13.5 Å². The molecule has 0 amide bonds. The zero-order valence-electron chi connectivity index (χ0n) is 8.96. The van der Waals surface area contributed by atoms with Crippen LogP contribution in [0.1, 0.15) is 19.8 Å². The van der Waals surface area contributed by atoms with E-state index in [4.69, 9.17) is 9.47 Å². The molecule has 0 saturated carbocycles. The van der Waals surface area contributed by atoms with Crippen molar-refractivity contribution in [1.29, 1.82) is 0 Å². The van der Waals surface area contributed by atoms with E-state index >= 15 is 0 Å². The molecule has 4 heteroatoms. The van der Waals surface area contributed by atoms with Crippen LogP contribution in [0.5, 0.6) is 0 Å². The highest BCUT2D eigenvalue weighted by Crippen LogP contribution is 1.92. The van der Waals surface area contributed by atoms with Gasteiger partial charge in [-0.2, -0.15) is 0 Å². The number of hydrogen-bond donors (Lipinski definition) is 0. The summed E-state index contributed by atoms with van der Waals surface area (Å²) < 4.78 is 10.2. The molecule has 82 valence electrons. The Morgan fingerprint density at radius 2 is 2.29 bits per heavy atom. The Bertz CT molecular complexity index is 159. The molecule has 0 heterocycles. The van der Waals surface area contributed by atoms with Crippen molar-refractivity contribution in [2.45, 2.75) is 25.8 Å². The molecule has 0 aromatic heterocycles. The van der Waals surface area contributed by atoms with E-state index < -0.39 is 0 Å². The second-order valence-corrected chi connectivity index (χ2v) is 4.87. The lowest BCUT2D eigenvalue weighted by Crippen LogP contribution is -2.07. The molecule has 0 radical (unpaired) electrons. The molecule has 14 heavy (non-hydrogen) atoms. The predicted octanol–water partition coefficient (Wildman–Crippen LogP) is 1.08. The minimum Gasteiger partial charge on any atom is -0.463 e. The molecule has 0 atom stereocenters. The number of rotatable bonds is 9. The van der Waals surface area contributed by atoms with Gasteiger partial charge in [0.1, 0.15) is 0 Å². The summed E-state index contributed by atoms with van der Waals surface area (Å²) in [6, 6.07) is 1.17. The molecule has 0 aliphatic carbocycles. The molecule has 0 rings (SSSR count). The molecule has 0 aliphatic rings. The summed E-state index contributed by atoms with van der Waals surface area (Å²) in [6.45, 7) is 6.82. The highest BCUT2D eigenvalue weighted by Gasteiger charge is 1.95. The molecule has 0 spiro atoms. The summed E-state index contributed by atoms with van der Waals surface area (Å²) in [6.07, 6.45) is 4.19. The smallest absolute Gasteiger partial charge is 0.330 e. The minimum atomic E-state index is -0.325. The molecule has 0 bridgehead atoms. The van der Waals surface area contributed by atoms with E-state index in [0.29, 0.717) is 6.61 Å². The second kappa shape index (κ2) is 10.5. The van der Waals surface area contributed by atoms with Crippen LogP contribution in [0.3, 0.4) is 0 Å². The van der Waals surface area contributed by atoms with Crippen molar-refractivity contribution in [2.75, 3.05) is 19.4 Å². The van der Waals surface area contributed by atoms with E-state index in [-0.39, 0.29) is 15.5 Å². The Kier molecular flexibility index (Phi) is 10.0. The van der Waals surface area contributed by atoms with E-state index in [1.165, 1.54) is 12.1 Å². The van der Waals surface area contributed by atoms with Gasteiger partial charge in [-0.05, 0) is 12.8 Å². The third-order valence-electron chi connectivity index (χ3n) is 1.69. The van der Waals surface area contributed by atoms with Gasteiger partial charge in [0.2, 0.25) is 0 Å². The van der Waals surface area contributed by atoms with Crippen LogP contribution < -0.4 is 0 Å². The van der Waals surface area contributed by atoms with Gasteiger partial charge in [0, 0.05) is 18.9 Å². The van der Waals surface area contributed by atoms with Crippen LogP contribution in [-0.4, -0.2) is 34.9 Å². The highest BCUT2D eigenvalue weighted by atomic mass is 28.2. The first-order valence-corrected chi connectivity index (χ1v) is 7.18. The molecular weight excluding hydrogens is 196 g/mol. The van der Waals surface area contributed by atoms with Crippen molar-refractivity contribution in [2.24, 2.45) is 0 Å². The number of hydrogen-bond acceptors (Lipinski definition) is 3. The van der Waals surface area contributed by atoms with Gasteiger partial charge < -0.3 is 9.47 Å². The lowest BCUT2D eigenvalue weighted by Gasteiger charge is -2.02. The molecule has 0 aromatic rings. The molecule has 0 unspecified atom stereocenters. The van der Waals surface area contributed by atoms with Crippen LogP contribution in [0.25, 0.3) is 0 Å². The quantitative estimate of drug-likeness (QED) is 0.250. The summed E-state index contributed by atoms with van der Waals surface area (Å²) in [4.78, 5) is 10.6. The maximum Gasteiger partial charge on any atom is 0.330 e. The summed E-state index contributed by atoms with van der Waals surface area (Å²) in [5.74, 6) is -0.325. The fraction of sp³-hybridized carbons (Fsp3) is 0.700. The van der Waals surface area contributed by atoms with Crippen molar-refractivity contribution in [3.63, 3.8) is 0 Å². The normalized spacial score (nSPS) is 10.6.